The summed E-state index contributed by atoms with van der Waals surface area (Å²) in [5, 5.41) is 3.33. The Kier molecular flexibility index (Phi) is 3.03. The summed E-state index contributed by atoms with van der Waals surface area (Å²) < 4.78 is 7.09. The number of rotatable bonds is 2. The fourth-order valence-electron chi connectivity index (χ4n) is 2.23. The number of aryl methyl sites for hydroxylation is 1. The highest BCUT2D eigenvalue weighted by Crippen LogP contribution is 2.41. The summed E-state index contributed by atoms with van der Waals surface area (Å²) in [7, 11) is 1.99. The van der Waals surface area contributed by atoms with Gasteiger partial charge in [0.2, 0.25) is 0 Å². The molecule has 15 heavy (non-hydrogen) atoms. The highest BCUT2D eigenvalue weighted by atomic mass is 79.9. The predicted molar refractivity (Wildman–Crippen MR) is 65.4 cm³/mol. The molecule has 0 amide bonds. The summed E-state index contributed by atoms with van der Waals surface area (Å²) in [4.78, 5) is 0. The van der Waals surface area contributed by atoms with E-state index in [0.717, 1.165) is 16.6 Å². The zero-order valence-electron chi connectivity index (χ0n) is 9.30. The Bertz CT molecular complexity index is 378. The van der Waals surface area contributed by atoms with Gasteiger partial charge < -0.3 is 10.1 Å². The summed E-state index contributed by atoms with van der Waals surface area (Å²) in [6, 6.07) is 4.57. The van der Waals surface area contributed by atoms with Crippen molar-refractivity contribution in [3.8, 4) is 5.75 Å². The largest absolute Gasteiger partial charge is 0.488 e. The molecule has 0 spiro atoms. The van der Waals surface area contributed by atoms with Crippen molar-refractivity contribution in [2.24, 2.45) is 0 Å². The molecule has 0 saturated carbocycles. The first-order valence-corrected chi connectivity index (χ1v) is 6.10. The topological polar surface area (TPSA) is 21.3 Å². The Morgan fingerprint density at radius 2 is 2.20 bits per heavy atom. The van der Waals surface area contributed by atoms with Crippen LogP contribution in [0.15, 0.2) is 16.6 Å². The number of nitrogens with one attached hydrogen (secondary N) is 1. The normalized spacial score (nSPS) is 23.7. The third-order valence-corrected chi connectivity index (χ3v) is 3.42. The molecular weight excluding hydrogens is 254 g/mol. The minimum atomic E-state index is 0.262. The van der Waals surface area contributed by atoms with Crippen LogP contribution in [0.5, 0.6) is 5.75 Å². The van der Waals surface area contributed by atoms with E-state index in [1.165, 1.54) is 11.1 Å². The second-order valence-electron chi connectivity index (χ2n) is 3.97. The van der Waals surface area contributed by atoms with Crippen LogP contribution in [0.2, 0.25) is 0 Å². The fraction of sp³-hybridized carbons (Fsp3) is 0.500. The second-order valence-corrected chi connectivity index (χ2v) is 4.89. The third-order valence-electron chi connectivity index (χ3n) is 2.96. The molecule has 1 aromatic rings. The van der Waals surface area contributed by atoms with Gasteiger partial charge in [-0.05, 0) is 38.1 Å². The average Bonchev–Trinajstić information content (AvgIpc) is 2.55. The molecule has 1 aliphatic heterocycles. The number of likely N-dealkylation sites (N-methyl/N-ethyl adjacent to an activating group) is 1. The zero-order chi connectivity index (χ0) is 11.0. The standard InChI is InChI=1S/C12H16BrNO/c1-4-10-11(14-3)9-6-8(13)5-7(2)12(9)15-10/h5-6,10-11,14H,4H2,1-3H3. The smallest absolute Gasteiger partial charge is 0.127 e. The van der Waals surface area contributed by atoms with Crippen LogP contribution in [0, 0.1) is 6.92 Å². The number of ether oxygens (including phenoxy) is 1. The number of hydrogen-bond donors (Lipinski definition) is 1. The molecule has 82 valence electrons. The van der Waals surface area contributed by atoms with Crippen molar-refractivity contribution in [3.05, 3.63) is 27.7 Å². The van der Waals surface area contributed by atoms with Crippen molar-refractivity contribution < 1.29 is 4.74 Å². The van der Waals surface area contributed by atoms with Gasteiger partial charge in [-0.1, -0.05) is 22.9 Å². The molecular formula is C12H16BrNO. The van der Waals surface area contributed by atoms with E-state index in [4.69, 9.17) is 4.74 Å². The predicted octanol–water partition coefficient (Wildman–Crippen LogP) is 3.19. The number of fused-ring (bicyclic) bond motifs is 1. The monoisotopic (exact) mass is 269 g/mol. The van der Waals surface area contributed by atoms with Crippen LogP contribution in [0.25, 0.3) is 0 Å². The molecule has 1 aliphatic rings. The third kappa shape index (κ3) is 1.79. The van der Waals surface area contributed by atoms with Crippen molar-refractivity contribution >= 4 is 15.9 Å². The lowest BCUT2D eigenvalue weighted by molar-refractivity contribution is 0.188. The lowest BCUT2D eigenvalue weighted by Crippen LogP contribution is -2.27. The molecule has 2 nitrogen and oxygen atoms in total. The molecule has 0 saturated heterocycles. The first kappa shape index (κ1) is 11.0. The lowest BCUT2D eigenvalue weighted by atomic mass is 10.0. The Hall–Kier alpha value is -0.540. The molecule has 2 rings (SSSR count). The minimum absolute atomic E-state index is 0.262. The van der Waals surface area contributed by atoms with Crippen molar-refractivity contribution in [2.75, 3.05) is 7.05 Å². The molecule has 0 bridgehead atoms. The van der Waals surface area contributed by atoms with Crippen molar-refractivity contribution in [2.45, 2.75) is 32.4 Å². The number of benzene rings is 1. The Morgan fingerprint density at radius 3 is 2.80 bits per heavy atom. The summed E-state index contributed by atoms with van der Waals surface area (Å²) in [5.74, 6) is 1.06. The van der Waals surface area contributed by atoms with Gasteiger partial charge in [0.25, 0.3) is 0 Å². The molecule has 0 fully saturated rings. The summed E-state index contributed by atoms with van der Waals surface area (Å²) in [6.45, 7) is 4.25. The molecule has 2 atom stereocenters. The maximum Gasteiger partial charge on any atom is 0.127 e. The molecule has 0 aliphatic carbocycles. The Morgan fingerprint density at radius 1 is 1.47 bits per heavy atom. The van der Waals surface area contributed by atoms with E-state index in [0.29, 0.717) is 6.04 Å². The van der Waals surface area contributed by atoms with Crippen molar-refractivity contribution in [3.63, 3.8) is 0 Å². The van der Waals surface area contributed by atoms with Gasteiger partial charge in [0.1, 0.15) is 11.9 Å². The van der Waals surface area contributed by atoms with Gasteiger partial charge >= 0.3 is 0 Å². The van der Waals surface area contributed by atoms with E-state index >= 15 is 0 Å². The Balaban J connectivity index is 2.47. The van der Waals surface area contributed by atoms with E-state index in [9.17, 15) is 0 Å². The first-order valence-electron chi connectivity index (χ1n) is 5.31. The molecule has 3 heteroatoms. The van der Waals surface area contributed by atoms with Gasteiger partial charge in [-0.3, -0.25) is 0 Å². The van der Waals surface area contributed by atoms with Crippen LogP contribution in [0.4, 0.5) is 0 Å². The van der Waals surface area contributed by atoms with Gasteiger partial charge in [-0.2, -0.15) is 0 Å². The van der Waals surface area contributed by atoms with Crippen LogP contribution < -0.4 is 10.1 Å². The maximum atomic E-state index is 5.96. The minimum Gasteiger partial charge on any atom is -0.488 e. The molecule has 1 aromatic carbocycles. The van der Waals surface area contributed by atoms with Gasteiger partial charge in [0, 0.05) is 10.0 Å². The second kappa shape index (κ2) is 4.14. The zero-order valence-corrected chi connectivity index (χ0v) is 10.9. The summed E-state index contributed by atoms with van der Waals surface area (Å²) in [6.07, 6.45) is 1.29. The van der Waals surface area contributed by atoms with Gasteiger partial charge in [0.15, 0.2) is 0 Å². The van der Waals surface area contributed by atoms with Crippen molar-refractivity contribution in [1.82, 2.24) is 5.32 Å². The average molecular weight is 270 g/mol. The lowest BCUT2D eigenvalue weighted by Gasteiger charge is -2.16. The van der Waals surface area contributed by atoms with Crippen LogP contribution in [-0.2, 0) is 0 Å². The van der Waals surface area contributed by atoms with Crippen molar-refractivity contribution in [1.29, 1.82) is 0 Å². The molecule has 1 N–H and O–H groups in total. The van der Waals surface area contributed by atoms with E-state index in [1.807, 2.05) is 7.05 Å². The van der Waals surface area contributed by atoms with Gasteiger partial charge in [-0.15, -0.1) is 0 Å². The summed E-state index contributed by atoms with van der Waals surface area (Å²) >= 11 is 3.53. The SMILES string of the molecule is CCC1Oc2c(C)cc(Br)cc2C1NC. The van der Waals surface area contributed by atoms with E-state index in [2.05, 4.69) is 47.2 Å². The fourth-order valence-corrected chi connectivity index (χ4v) is 2.82. The summed E-state index contributed by atoms with van der Waals surface area (Å²) in [5.41, 5.74) is 2.48. The van der Waals surface area contributed by atoms with Crippen LogP contribution in [0.1, 0.15) is 30.5 Å². The number of halogens is 1. The van der Waals surface area contributed by atoms with E-state index < -0.39 is 0 Å². The Labute approximate surface area is 99.1 Å². The van der Waals surface area contributed by atoms with Gasteiger partial charge in [-0.25, -0.2) is 0 Å². The molecule has 0 radical (unpaired) electrons. The van der Waals surface area contributed by atoms with Crippen LogP contribution >= 0.6 is 15.9 Å². The van der Waals surface area contributed by atoms with Gasteiger partial charge in [0.05, 0.1) is 6.04 Å². The number of hydrogen-bond acceptors (Lipinski definition) is 2. The quantitative estimate of drug-likeness (QED) is 0.891. The highest BCUT2D eigenvalue weighted by Gasteiger charge is 2.33. The molecule has 1 heterocycles. The first-order chi connectivity index (χ1) is 7.17. The molecule has 0 aromatic heterocycles. The van der Waals surface area contributed by atoms with E-state index in [1.54, 1.807) is 0 Å². The highest BCUT2D eigenvalue weighted by molar-refractivity contribution is 9.10. The molecule has 2 unspecified atom stereocenters. The van der Waals surface area contributed by atoms with Crippen LogP contribution in [-0.4, -0.2) is 13.2 Å². The maximum absolute atomic E-state index is 5.96. The van der Waals surface area contributed by atoms with E-state index in [-0.39, 0.29) is 6.10 Å². The van der Waals surface area contributed by atoms with Crippen LogP contribution in [0.3, 0.4) is 0 Å².